The van der Waals surface area contributed by atoms with Crippen molar-refractivity contribution in [2.24, 2.45) is 0 Å². The topological polar surface area (TPSA) is 39.4 Å². The molecular formula is C11H10O3. The predicted octanol–water partition coefficient (Wildman–Crippen LogP) is 2.56. The van der Waals surface area contributed by atoms with Gasteiger partial charge in [-0.1, -0.05) is 11.6 Å². The molecule has 2 rings (SSSR count). The van der Waals surface area contributed by atoms with Crippen molar-refractivity contribution in [2.75, 3.05) is 7.11 Å². The van der Waals surface area contributed by atoms with Gasteiger partial charge in [0.2, 0.25) is 5.76 Å². The summed E-state index contributed by atoms with van der Waals surface area (Å²) in [5.41, 5.74) is 1.78. The average Bonchev–Trinajstić information content (AvgIpc) is 2.54. The summed E-state index contributed by atoms with van der Waals surface area (Å²) in [5, 5.41) is 0.842. The van der Waals surface area contributed by atoms with Crippen LogP contribution in [0.2, 0.25) is 0 Å². The number of ether oxygens (including phenoxy) is 1. The Hall–Kier alpha value is -1.77. The highest BCUT2D eigenvalue weighted by Crippen LogP contribution is 2.32. The Morgan fingerprint density at radius 2 is 2.21 bits per heavy atom. The van der Waals surface area contributed by atoms with Crippen molar-refractivity contribution in [3.63, 3.8) is 0 Å². The molecule has 1 aromatic carbocycles. The number of carbonyl (C=O) groups is 1. The van der Waals surface area contributed by atoms with E-state index < -0.39 is 0 Å². The number of benzene rings is 1. The van der Waals surface area contributed by atoms with E-state index >= 15 is 0 Å². The molecule has 72 valence electrons. The van der Waals surface area contributed by atoms with Crippen molar-refractivity contribution in [1.29, 1.82) is 0 Å². The monoisotopic (exact) mass is 190 g/mol. The summed E-state index contributed by atoms with van der Waals surface area (Å²) in [6, 6.07) is 5.70. The van der Waals surface area contributed by atoms with E-state index in [1.807, 2.05) is 25.1 Å². The van der Waals surface area contributed by atoms with Gasteiger partial charge in [-0.2, -0.15) is 0 Å². The van der Waals surface area contributed by atoms with Gasteiger partial charge < -0.3 is 9.15 Å². The molecule has 3 nitrogen and oxygen atoms in total. The largest absolute Gasteiger partial charge is 0.492 e. The second-order valence-electron chi connectivity index (χ2n) is 3.12. The van der Waals surface area contributed by atoms with E-state index in [1.54, 1.807) is 0 Å². The smallest absolute Gasteiger partial charge is 0.209 e. The summed E-state index contributed by atoms with van der Waals surface area (Å²) < 4.78 is 10.4. The van der Waals surface area contributed by atoms with Crippen LogP contribution < -0.4 is 4.74 Å². The minimum Gasteiger partial charge on any atom is -0.492 e. The fourth-order valence-corrected chi connectivity index (χ4v) is 1.50. The van der Waals surface area contributed by atoms with Gasteiger partial charge in [-0.05, 0) is 19.1 Å². The molecular weight excluding hydrogens is 180 g/mol. The van der Waals surface area contributed by atoms with Gasteiger partial charge in [0, 0.05) is 0 Å². The molecule has 0 saturated carbocycles. The van der Waals surface area contributed by atoms with Crippen LogP contribution in [0.25, 0.3) is 11.0 Å². The minimum absolute atomic E-state index is 0.244. The molecule has 0 spiro atoms. The van der Waals surface area contributed by atoms with E-state index in [9.17, 15) is 4.79 Å². The van der Waals surface area contributed by atoms with E-state index in [2.05, 4.69) is 0 Å². The number of fused-ring (bicyclic) bond motifs is 1. The zero-order valence-electron chi connectivity index (χ0n) is 8.03. The van der Waals surface area contributed by atoms with E-state index in [0.717, 1.165) is 10.9 Å². The average molecular weight is 190 g/mol. The quantitative estimate of drug-likeness (QED) is 0.683. The molecule has 0 aliphatic rings. The number of hydrogen-bond acceptors (Lipinski definition) is 3. The first-order valence-corrected chi connectivity index (χ1v) is 4.28. The summed E-state index contributed by atoms with van der Waals surface area (Å²) in [5.74, 6) is 0.756. The van der Waals surface area contributed by atoms with Gasteiger partial charge in [-0.15, -0.1) is 0 Å². The fourth-order valence-electron chi connectivity index (χ4n) is 1.50. The van der Waals surface area contributed by atoms with Gasteiger partial charge in [0.05, 0.1) is 12.5 Å². The number of aldehydes is 1. The molecule has 2 aromatic rings. The standard InChI is InChI=1S/C11H10O3/c1-7-3-4-9-8(5-7)11(13-2)10(6-12)14-9/h3-6H,1-2H3. The maximum Gasteiger partial charge on any atom is 0.209 e. The van der Waals surface area contributed by atoms with Crippen LogP contribution in [0.15, 0.2) is 22.6 Å². The molecule has 0 unspecified atom stereocenters. The van der Waals surface area contributed by atoms with E-state index in [1.165, 1.54) is 7.11 Å². The van der Waals surface area contributed by atoms with Crippen molar-refractivity contribution >= 4 is 17.3 Å². The van der Waals surface area contributed by atoms with Crippen molar-refractivity contribution in [1.82, 2.24) is 0 Å². The Morgan fingerprint density at radius 1 is 1.43 bits per heavy atom. The summed E-state index contributed by atoms with van der Waals surface area (Å²) in [6.07, 6.45) is 0.661. The Kier molecular flexibility index (Phi) is 2.00. The first kappa shape index (κ1) is 8.81. The van der Waals surface area contributed by atoms with Gasteiger partial charge in [-0.25, -0.2) is 0 Å². The van der Waals surface area contributed by atoms with Crippen LogP contribution in [-0.4, -0.2) is 13.4 Å². The lowest BCUT2D eigenvalue weighted by Gasteiger charge is -1.96. The third kappa shape index (κ3) is 1.18. The second kappa shape index (κ2) is 3.18. The van der Waals surface area contributed by atoms with E-state index in [4.69, 9.17) is 9.15 Å². The normalized spacial score (nSPS) is 10.4. The number of carbonyl (C=O) groups excluding carboxylic acids is 1. The van der Waals surface area contributed by atoms with E-state index in [0.29, 0.717) is 17.6 Å². The van der Waals surface area contributed by atoms with Crippen LogP contribution in [0.3, 0.4) is 0 Å². The molecule has 0 fully saturated rings. The third-order valence-corrected chi connectivity index (χ3v) is 2.13. The maximum absolute atomic E-state index is 10.7. The highest BCUT2D eigenvalue weighted by atomic mass is 16.5. The fraction of sp³-hybridized carbons (Fsp3) is 0.182. The van der Waals surface area contributed by atoms with Gasteiger partial charge in [0.15, 0.2) is 12.0 Å². The molecule has 1 heterocycles. The highest BCUT2D eigenvalue weighted by Gasteiger charge is 2.13. The summed E-state index contributed by atoms with van der Waals surface area (Å²) >= 11 is 0. The Labute approximate surface area is 81.3 Å². The third-order valence-electron chi connectivity index (χ3n) is 2.13. The van der Waals surface area contributed by atoms with Crippen LogP contribution in [0.4, 0.5) is 0 Å². The van der Waals surface area contributed by atoms with Gasteiger partial charge in [0.25, 0.3) is 0 Å². The Bertz CT molecular complexity index is 482. The Balaban J connectivity index is 2.81. The molecule has 0 bridgehead atoms. The number of rotatable bonds is 2. The predicted molar refractivity (Wildman–Crippen MR) is 52.9 cm³/mol. The molecule has 1 aromatic heterocycles. The summed E-state index contributed by atoms with van der Waals surface area (Å²) in [6.45, 7) is 1.98. The van der Waals surface area contributed by atoms with E-state index in [-0.39, 0.29) is 5.76 Å². The number of methoxy groups -OCH3 is 1. The molecule has 0 atom stereocenters. The Morgan fingerprint density at radius 3 is 2.86 bits per heavy atom. The van der Waals surface area contributed by atoms with Crippen molar-refractivity contribution in [3.8, 4) is 5.75 Å². The van der Waals surface area contributed by atoms with Crippen molar-refractivity contribution in [2.45, 2.75) is 6.92 Å². The molecule has 0 aliphatic carbocycles. The summed E-state index contributed by atoms with van der Waals surface area (Å²) in [7, 11) is 1.53. The first-order chi connectivity index (χ1) is 6.76. The lowest BCUT2D eigenvalue weighted by atomic mass is 10.2. The van der Waals surface area contributed by atoms with Crippen LogP contribution in [-0.2, 0) is 0 Å². The lowest BCUT2D eigenvalue weighted by Crippen LogP contribution is -1.85. The van der Waals surface area contributed by atoms with Crippen LogP contribution in [0.1, 0.15) is 16.1 Å². The molecule has 0 N–H and O–H groups in total. The molecule has 3 heteroatoms. The number of aryl methyl sites for hydroxylation is 1. The van der Waals surface area contributed by atoms with Crippen molar-refractivity contribution < 1.29 is 13.9 Å². The van der Waals surface area contributed by atoms with Gasteiger partial charge in [-0.3, -0.25) is 4.79 Å². The molecule has 0 saturated heterocycles. The number of furan rings is 1. The maximum atomic E-state index is 10.7. The zero-order chi connectivity index (χ0) is 10.1. The molecule has 0 aliphatic heterocycles. The van der Waals surface area contributed by atoms with Crippen LogP contribution in [0, 0.1) is 6.92 Å². The highest BCUT2D eigenvalue weighted by molar-refractivity contribution is 5.93. The molecule has 14 heavy (non-hydrogen) atoms. The molecule has 0 amide bonds. The van der Waals surface area contributed by atoms with Gasteiger partial charge >= 0.3 is 0 Å². The van der Waals surface area contributed by atoms with Crippen molar-refractivity contribution in [3.05, 3.63) is 29.5 Å². The number of hydrogen-bond donors (Lipinski definition) is 0. The molecule has 0 radical (unpaired) electrons. The summed E-state index contributed by atoms with van der Waals surface area (Å²) in [4.78, 5) is 10.7. The SMILES string of the molecule is COc1c(C=O)oc2ccc(C)cc12. The van der Waals surface area contributed by atoms with Crippen LogP contribution in [0.5, 0.6) is 5.75 Å². The lowest BCUT2D eigenvalue weighted by molar-refractivity contribution is 0.109. The van der Waals surface area contributed by atoms with Gasteiger partial charge in [0.1, 0.15) is 5.58 Å². The zero-order valence-corrected chi connectivity index (χ0v) is 8.03. The minimum atomic E-state index is 0.244. The van der Waals surface area contributed by atoms with Crippen LogP contribution >= 0.6 is 0 Å². The first-order valence-electron chi connectivity index (χ1n) is 4.28. The second-order valence-corrected chi connectivity index (χ2v) is 3.12.